The van der Waals surface area contributed by atoms with Gasteiger partial charge >= 0.3 is 5.97 Å². The van der Waals surface area contributed by atoms with Crippen molar-refractivity contribution < 1.29 is 23.5 Å². The molecule has 7 nitrogen and oxygen atoms in total. The van der Waals surface area contributed by atoms with Crippen LogP contribution in [0.5, 0.6) is 0 Å². The van der Waals surface area contributed by atoms with Crippen LogP contribution in [0.4, 0.5) is 0 Å². The van der Waals surface area contributed by atoms with Crippen molar-refractivity contribution in [3.8, 4) is 0 Å². The average molecular weight is 437 g/mol. The fourth-order valence-corrected chi connectivity index (χ4v) is 6.53. The Morgan fingerprint density at radius 3 is 2.09 bits per heavy atom. The van der Waals surface area contributed by atoms with E-state index in [1.54, 1.807) is 6.26 Å². The number of furan rings is 1. The maximum atomic E-state index is 13.4. The number of esters is 1. The van der Waals surface area contributed by atoms with Gasteiger partial charge < -0.3 is 19.8 Å². The summed E-state index contributed by atoms with van der Waals surface area (Å²) < 4.78 is 10.9. The Balaban J connectivity index is 1.31. The summed E-state index contributed by atoms with van der Waals surface area (Å²) in [6.45, 7) is 0.0711. The molecule has 0 saturated heterocycles. The van der Waals surface area contributed by atoms with Crippen molar-refractivity contribution in [1.82, 2.24) is 4.90 Å². The molecule has 1 aromatic heterocycles. The van der Waals surface area contributed by atoms with Gasteiger partial charge in [0.15, 0.2) is 6.61 Å². The molecule has 4 aliphatic carbocycles. The van der Waals surface area contributed by atoms with E-state index in [-0.39, 0.29) is 23.6 Å². The van der Waals surface area contributed by atoms with Crippen LogP contribution in [0.1, 0.15) is 65.0 Å². The lowest BCUT2D eigenvalue weighted by Crippen LogP contribution is -2.61. The fourth-order valence-electron chi connectivity index (χ4n) is 6.53. The number of carbonyl (C=O) groups is 3. The first-order valence-electron chi connectivity index (χ1n) is 11.3. The van der Waals surface area contributed by atoms with Gasteiger partial charge in [0.1, 0.15) is 5.76 Å². The van der Waals surface area contributed by atoms with Gasteiger partial charge in [-0.1, -0.05) is 0 Å². The zero-order valence-electron chi connectivity index (χ0n) is 18.0. The van der Waals surface area contributed by atoms with Gasteiger partial charge in [-0.25, -0.2) is 4.79 Å². The summed E-state index contributed by atoms with van der Waals surface area (Å²) in [6, 6.07) is 9.61. The third-order valence-electron chi connectivity index (χ3n) is 7.51. The van der Waals surface area contributed by atoms with Crippen molar-refractivity contribution in [3.05, 3.63) is 59.5 Å². The second-order valence-corrected chi connectivity index (χ2v) is 9.72. The molecule has 2 N–H and O–H groups in total. The zero-order valence-corrected chi connectivity index (χ0v) is 18.0. The van der Waals surface area contributed by atoms with Gasteiger partial charge in [0.05, 0.1) is 18.4 Å². The molecule has 4 fully saturated rings. The first-order valence-corrected chi connectivity index (χ1v) is 11.3. The number of benzene rings is 1. The molecule has 0 atom stereocenters. The smallest absolute Gasteiger partial charge is 0.338 e. The fraction of sp³-hybridized carbons (Fsp3) is 0.480. The molecule has 2 aromatic rings. The van der Waals surface area contributed by atoms with Crippen LogP contribution < -0.4 is 5.73 Å². The van der Waals surface area contributed by atoms with Crippen LogP contribution >= 0.6 is 0 Å². The summed E-state index contributed by atoms with van der Waals surface area (Å²) in [6.07, 6.45) is 8.51. The Hall–Kier alpha value is -3.09. The molecule has 6 rings (SSSR count). The third-order valence-corrected chi connectivity index (χ3v) is 7.51. The second-order valence-electron chi connectivity index (χ2n) is 9.72. The molecule has 0 spiro atoms. The van der Waals surface area contributed by atoms with E-state index in [9.17, 15) is 14.4 Å². The minimum absolute atomic E-state index is 0.172. The number of hydrogen-bond acceptors (Lipinski definition) is 5. The first kappa shape index (κ1) is 20.8. The Kier molecular flexibility index (Phi) is 5.27. The van der Waals surface area contributed by atoms with E-state index in [0.29, 0.717) is 29.9 Å². The highest BCUT2D eigenvalue weighted by Crippen LogP contribution is 2.58. The molecule has 32 heavy (non-hydrogen) atoms. The maximum absolute atomic E-state index is 13.4. The van der Waals surface area contributed by atoms with Crippen molar-refractivity contribution in [3.63, 3.8) is 0 Å². The second kappa shape index (κ2) is 8.11. The van der Waals surface area contributed by atoms with Crippen LogP contribution in [0.3, 0.4) is 0 Å². The average Bonchev–Trinajstić information content (AvgIpc) is 3.28. The lowest BCUT2D eigenvalue weighted by Gasteiger charge is -2.60. The van der Waals surface area contributed by atoms with Gasteiger partial charge in [0.2, 0.25) is 5.91 Å². The van der Waals surface area contributed by atoms with Crippen LogP contribution in [0.15, 0.2) is 47.1 Å². The van der Waals surface area contributed by atoms with Crippen LogP contribution in [-0.2, 0) is 16.1 Å². The number of hydrogen-bond donors (Lipinski definition) is 1. The predicted octanol–water partition coefficient (Wildman–Crippen LogP) is 3.53. The van der Waals surface area contributed by atoms with E-state index in [1.165, 1.54) is 43.5 Å². The lowest BCUT2D eigenvalue weighted by molar-refractivity contribution is -0.156. The van der Waals surface area contributed by atoms with Gasteiger partial charge in [0, 0.05) is 11.1 Å². The van der Waals surface area contributed by atoms with E-state index in [0.717, 1.165) is 25.0 Å². The molecule has 4 saturated carbocycles. The van der Waals surface area contributed by atoms with Gasteiger partial charge in [-0.2, -0.15) is 0 Å². The molecule has 1 aromatic carbocycles. The van der Waals surface area contributed by atoms with Crippen molar-refractivity contribution in [2.24, 2.45) is 23.5 Å². The summed E-state index contributed by atoms with van der Waals surface area (Å²) in [5.41, 5.74) is 5.65. The van der Waals surface area contributed by atoms with Gasteiger partial charge in [-0.3, -0.25) is 9.59 Å². The van der Waals surface area contributed by atoms with E-state index in [2.05, 4.69) is 0 Å². The number of carbonyl (C=O) groups excluding carboxylic acids is 3. The van der Waals surface area contributed by atoms with Gasteiger partial charge in [0.25, 0.3) is 5.91 Å². The molecular formula is C25H28N2O5. The molecule has 168 valence electrons. The monoisotopic (exact) mass is 436 g/mol. The SMILES string of the molecule is NC(=O)c1ccc(C(=O)OCC(=O)N(Cc2ccco2)C23CC4CC(CC(C4)C2)C3)cc1. The van der Waals surface area contributed by atoms with Crippen LogP contribution in [0, 0.1) is 17.8 Å². The molecule has 7 heteroatoms. The number of amides is 2. The highest BCUT2D eigenvalue weighted by molar-refractivity contribution is 5.95. The third kappa shape index (κ3) is 3.92. The van der Waals surface area contributed by atoms with E-state index >= 15 is 0 Å². The number of rotatable bonds is 7. The van der Waals surface area contributed by atoms with Crippen molar-refractivity contribution >= 4 is 17.8 Å². The molecule has 1 heterocycles. The highest BCUT2D eigenvalue weighted by atomic mass is 16.5. The lowest BCUT2D eigenvalue weighted by atomic mass is 9.52. The molecule has 0 aliphatic heterocycles. The molecule has 0 radical (unpaired) electrons. The predicted molar refractivity (Wildman–Crippen MR) is 115 cm³/mol. The Morgan fingerprint density at radius 2 is 1.56 bits per heavy atom. The first-order chi connectivity index (χ1) is 15.4. The highest BCUT2D eigenvalue weighted by Gasteiger charge is 2.54. The Bertz CT molecular complexity index is 976. The summed E-state index contributed by atoms with van der Waals surface area (Å²) in [7, 11) is 0. The number of nitrogens with zero attached hydrogens (tertiary/aromatic N) is 1. The van der Waals surface area contributed by atoms with Gasteiger partial charge in [-0.05, 0) is 92.7 Å². The molecule has 4 bridgehead atoms. The number of primary amides is 1. The van der Waals surface area contributed by atoms with Crippen molar-refractivity contribution in [1.29, 1.82) is 0 Å². The maximum Gasteiger partial charge on any atom is 0.338 e. The van der Waals surface area contributed by atoms with E-state index < -0.39 is 11.9 Å². The van der Waals surface area contributed by atoms with E-state index in [1.807, 2.05) is 17.0 Å². The summed E-state index contributed by atoms with van der Waals surface area (Å²) >= 11 is 0. The zero-order chi connectivity index (χ0) is 22.3. The number of nitrogens with two attached hydrogens (primary N) is 1. The van der Waals surface area contributed by atoms with Crippen LogP contribution in [0.2, 0.25) is 0 Å². The Morgan fingerprint density at radius 1 is 0.969 bits per heavy atom. The summed E-state index contributed by atoms with van der Waals surface area (Å²) in [5.74, 6) is 1.42. The molecular weight excluding hydrogens is 408 g/mol. The van der Waals surface area contributed by atoms with E-state index in [4.69, 9.17) is 14.9 Å². The summed E-state index contributed by atoms with van der Waals surface area (Å²) in [5, 5.41) is 0. The standard InChI is InChI=1S/C25H28N2O5/c26-23(29)19-3-5-20(6-4-19)24(30)32-15-22(28)27(14-21-2-1-7-31-21)25-11-16-8-17(12-25)10-18(9-16)13-25/h1-7,16-18H,8-15H2,(H2,26,29). The minimum atomic E-state index is -0.599. The minimum Gasteiger partial charge on any atom is -0.467 e. The summed E-state index contributed by atoms with van der Waals surface area (Å²) in [4.78, 5) is 39.0. The van der Waals surface area contributed by atoms with Crippen LogP contribution in [-0.4, -0.2) is 34.8 Å². The Labute approximate surface area is 186 Å². The van der Waals surface area contributed by atoms with Gasteiger partial charge in [-0.15, -0.1) is 0 Å². The normalized spacial score (nSPS) is 27.8. The largest absolute Gasteiger partial charge is 0.467 e. The number of ether oxygens (including phenoxy) is 1. The van der Waals surface area contributed by atoms with Crippen molar-refractivity contribution in [2.75, 3.05) is 6.61 Å². The topological polar surface area (TPSA) is 103 Å². The van der Waals surface area contributed by atoms with Crippen molar-refractivity contribution in [2.45, 2.75) is 50.6 Å². The molecule has 2 amide bonds. The molecule has 0 unspecified atom stereocenters. The molecule has 4 aliphatic rings. The quantitative estimate of drug-likeness (QED) is 0.669. The van der Waals surface area contributed by atoms with Crippen LogP contribution in [0.25, 0.3) is 0 Å².